The summed E-state index contributed by atoms with van der Waals surface area (Å²) in [5.41, 5.74) is 9.08. The van der Waals surface area contributed by atoms with Gasteiger partial charge in [-0.15, -0.1) is 0 Å². The third kappa shape index (κ3) is 3.51. The molecule has 0 amide bonds. The highest BCUT2D eigenvalue weighted by Crippen LogP contribution is 2.22. The van der Waals surface area contributed by atoms with E-state index in [9.17, 15) is 0 Å². The maximum absolute atomic E-state index is 5.62. The second kappa shape index (κ2) is 5.12. The van der Waals surface area contributed by atoms with Crippen molar-refractivity contribution in [3.63, 3.8) is 0 Å². The van der Waals surface area contributed by atoms with Crippen LogP contribution in [0, 0.1) is 20.8 Å². The molecule has 1 rings (SSSR count). The zero-order chi connectivity index (χ0) is 11.4. The first kappa shape index (κ1) is 12.0. The van der Waals surface area contributed by atoms with Crippen LogP contribution in [0.3, 0.4) is 0 Å². The molecule has 0 spiro atoms. The number of rotatable bonds is 4. The maximum atomic E-state index is 5.62. The summed E-state index contributed by atoms with van der Waals surface area (Å²) in [7, 11) is 0. The van der Waals surface area contributed by atoms with Gasteiger partial charge < -0.3 is 10.5 Å². The lowest BCUT2D eigenvalue weighted by Gasteiger charge is -2.11. The molecule has 82 valence electrons. The Balaban J connectivity index is 2.69. The summed E-state index contributed by atoms with van der Waals surface area (Å²) in [5, 5.41) is 0. The second-order valence-corrected chi connectivity index (χ2v) is 4.29. The standard InChI is InChI=1S/C12H17NOS/c1-8-6-10(3)11(7-9(8)2)14-5-4-12(13)15/h6-7H,4-5H2,1-3H3,(H2,13,15). The first-order valence-corrected chi connectivity index (χ1v) is 5.40. The van der Waals surface area contributed by atoms with Crippen molar-refractivity contribution in [2.24, 2.45) is 5.73 Å². The fourth-order valence-corrected chi connectivity index (χ4v) is 1.43. The lowest BCUT2D eigenvalue weighted by molar-refractivity contribution is 0.327. The molecule has 0 unspecified atom stereocenters. The molecular formula is C12H17NOS. The smallest absolute Gasteiger partial charge is 0.122 e. The van der Waals surface area contributed by atoms with E-state index in [1.165, 1.54) is 11.1 Å². The van der Waals surface area contributed by atoms with Crippen molar-refractivity contribution >= 4 is 17.2 Å². The maximum Gasteiger partial charge on any atom is 0.122 e. The Kier molecular flexibility index (Phi) is 4.09. The van der Waals surface area contributed by atoms with Crippen LogP contribution < -0.4 is 10.5 Å². The van der Waals surface area contributed by atoms with Gasteiger partial charge in [0.1, 0.15) is 5.75 Å². The lowest BCUT2D eigenvalue weighted by atomic mass is 10.1. The van der Waals surface area contributed by atoms with Gasteiger partial charge in [0, 0.05) is 6.42 Å². The van der Waals surface area contributed by atoms with Crippen molar-refractivity contribution in [1.29, 1.82) is 0 Å². The van der Waals surface area contributed by atoms with Crippen molar-refractivity contribution < 1.29 is 4.74 Å². The molecule has 3 heteroatoms. The fourth-order valence-electron chi connectivity index (χ4n) is 1.35. The average Bonchev–Trinajstić information content (AvgIpc) is 2.13. The molecule has 0 bridgehead atoms. The van der Waals surface area contributed by atoms with Crippen molar-refractivity contribution in [3.05, 3.63) is 28.8 Å². The molecule has 1 aromatic rings. The summed E-state index contributed by atoms with van der Waals surface area (Å²) in [5.74, 6) is 0.925. The quantitative estimate of drug-likeness (QED) is 0.797. The van der Waals surface area contributed by atoms with Gasteiger partial charge in [0.2, 0.25) is 0 Å². The molecule has 0 aromatic heterocycles. The Morgan fingerprint density at radius 1 is 1.20 bits per heavy atom. The molecule has 2 nitrogen and oxygen atoms in total. The van der Waals surface area contributed by atoms with Crippen molar-refractivity contribution in [2.45, 2.75) is 27.2 Å². The van der Waals surface area contributed by atoms with E-state index in [4.69, 9.17) is 22.7 Å². The van der Waals surface area contributed by atoms with Crippen LogP contribution in [-0.2, 0) is 0 Å². The highest BCUT2D eigenvalue weighted by atomic mass is 32.1. The van der Waals surface area contributed by atoms with E-state index in [1.54, 1.807) is 0 Å². The molecule has 0 saturated heterocycles. The van der Waals surface area contributed by atoms with Crippen LogP contribution in [0.15, 0.2) is 12.1 Å². The number of thiocarbonyl (C=S) groups is 1. The molecule has 0 saturated carbocycles. The van der Waals surface area contributed by atoms with E-state index >= 15 is 0 Å². The zero-order valence-corrected chi connectivity index (χ0v) is 10.3. The molecule has 0 aliphatic rings. The number of ether oxygens (including phenoxy) is 1. The van der Waals surface area contributed by atoms with E-state index in [-0.39, 0.29) is 0 Å². The molecule has 0 heterocycles. The van der Waals surface area contributed by atoms with Crippen LogP contribution in [-0.4, -0.2) is 11.6 Å². The minimum atomic E-state index is 0.497. The Labute approximate surface area is 96.4 Å². The topological polar surface area (TPSA) is 35.2 Å². The molecule has 15 heavy (non-hydrogen) atoms. The third-order valence-electron chi connectivity index (χ3n) is 2.40. The molecule has 0 atom stereocenters. The van der Waals surface area contributed by atoms with Crippen molar-refractivity contribution in [2.75, 3.05) is 6.61 Å². The summed E-state index contributed by atoms with van der Waals surface area (Å²) in [6.45, 7) is 6.78. The Morgan fingerprint density at radius 2 is 1.80 bits per heavy atom. The van der Waals surface area contributed by atoms with Crippen LogP contribution in [0.4, 0.5) is 0 Å². The van der Waals surface area contributed by atoms with Crippen LogP contribution in [0.5, 0.6) is 5.75 Å². The third-order valence-corrected chi connectivity index (χ3v) is 2.60. The Morgan fingerprint density at radius 3 is 2.40 bits per heavy atom. The summed E-state index contributed by atoms with van der Waals surface area (Å²) in [4.78, 5) is 0.497. The van der Waals surface area contributed by atoms with E-state index in [2.05, 4.69) is 26.0 Å². The summed E-state index contributed by atoms with van der Waals surface area (Å²) >= 11 is 4.79. The van der Waals surface area contributed by atoms with Gasteiger partial charge in [-0.05, 0) is 43.5 Å². The zero-order valence-electron chi connectivity index (χ0n) is 9.46. The molecule has 1 aromatic carbocycles. The van der Waals surface area contributed by atoms with Gasteiger partial charge in [-0.1, -0.05) is 18.3 Å². The van der Waals surface area contributed by atoms with Crippen LogP contribution in [0.1, 0.15) is 23.1 Å². The number of hydrogen-bond donors (Lipinski definition) is 1. The van der Waals surface area contributed by atoms with Crippen LogP contribution >= 0.6 is 12.2 Å². The first-order valence-electron chi connectivity index (χ1n) is 4.99. The predicted octanol–water partition coefficient (Wildman–Crippen LogP) is 2.67. The summed E-state index contributed by atoms with van der Waals surface area (Å²) in [6.07, 6.45) is 0.627. The van der Waals surface area contributed by atoms with E-state index in [0.717, 1.165) is 11.3 Å². The highest BCUT2D eigenvalue weighted by molar-refractivity contribution is 7.80. The molecule has 0 fully saturated rings. The van der Waals surface area contributed by atoms with E-state index in [1.807, 2.05) is 6.92 Å². The largest absolute Gasteiger partial charge is 0.493 e. The van der Waals surface area contributed by atoms with Gasteiger partial charge in [0.15, 0.2) is 0 Å². The minimum absolute atomic E-state index is 0.497. The molecule has 0 radical (unpaired) electrons. The van der Waals surface area contributed by atoms with Crippen molar-refractivity contribution in [3.8, 4) is 5.75 Å². The number of nitrogens with two attached hydrogens (primary N) is 1. The molecule has 0 aliphatic carbocycles. The van der Waals surface area contributed by atoms with E-state index < -0.39 is 0 Å². The highest BCUT2D eigenvalue weighted by Gasteiger charge is 2.02. The van der Waals surface area contributed by atoms with Gasteiger partial charge in [-0.2, -0.15) is 0 Å². The predicted molar refractivity (Wildman–Crippen MR) is 67.6 cm³/mol. The van der Waals surface area contributed by atoms with Gasteiger partial charge in [0.25, 0.3) is 0 Å². The fraction of sp³-hybridized carbons (Fsp3) is 0.417. The molecule has 0 aliphatic heterocycles. The number of aryl methyl sites for hydroxylation is 3. The lowest BCUT2D eigenvalue weighted by Crippen LogP contribution is -2.12. The van der Waals surface area contributed by atoms with Gasteiger partial charge in [-0.25, -0.2) is 0 Å². The SMILES string of the molecule is Cc1cc(C)c(OCCC(N)=S)cc1C. The molecular weight excluding hydrogens is 206 g/mol. The monoisotopic (exact) mass is 223 g/mol. The second-order valence-electron chi connectivity index (χ2n) is 3.77. The summed E-state index contributed by atoms with van der Waals surface area (Å²) < 4.78 is 5.62. The molecule has 2 N–H and O–H groups in total. The van der Waals surface area contributed by atoms with E-state index in [0.29, 0.717) is 18.0 Å². The first-order chi connectivity index (χ1) is 7.00. The van der Waals surface area contributed by atoms with Gasteiger partial charge in [0.05, 0.1) is 11.6 Å². The van der Waals surface area contributed by atoms with Crippen LogP contribution in [0.2, 0.25) is 0 Å². The number of benzene rings is 1. The number of hydrogen-bond acceptors (Lipinski definition) is 2. The van der Waals surface area contributed by atoms with Crippen LogP contribution in [0.25, 0.3) is 0 Å². The van der Waals surface area contributed by atoms with Gasteiger partial charge >= 0.3 is 0 Å². The Bertz CT molecular complexity index is 374. The normalized spacial score (nSPS) is 10.1. The minimum Gasteiger partial charge on any atom is -0.493 e. The summed E-state index contributed by atoms with van der Waals surface area (Å²) in [6, 6.07) is 4.19. The van der Waals surface area contributed by atoms with Crippen molar-refractivity contribution in [1.82, 2.24) is 0 Å². The van der Waals surface area contributed by atoms with Gasteiger partial charge in [-0.3, -0.25) is 0 Å². The Hall–Kier alpha value is -1.09. The average molecular weight is 223 g/mol.